The summed E-state index contributed by atoms with van der Waals surface area (Å²) < 4.78 is 102. The Balaban J connectivity index is 0.000000186. The molecule has 1 saturated heterocycles. The second-order valence-electron chi connectivity index (χ2n) is 36.0. The first-order chi connectivity index (χ1) is 60.8. The molecule has 31 heteroatoms. The molecule has 25 nitrogen and oxygen atoms in total. The van der Waals surface area contributed by atoms with Gasteiger partial charge in [0.1, 0.15) is 32.3 Å². The Hall–Kier alpha value is -8.68. The molecule has 694 valence electrons. The monoisotopic (exact) mass is 1870 g/mol. The standard InChI is InChI=1S/C33H46ClN5O4S.C33H44ClN5O3S.C31H42ClN5O3S/c1-21(2)43-30-19-26(24-12-14-25(15-13-24)39(6)16-17-42-7)23(5)18-29(30)37-33-35-20-27(34)32(38-33)36-28-10-8-9-11-31(28)44(40,41)22(3)4;1-21(2)42-30-19-26(24-12-14-25(15-13-24)39-16-8-9-17-39)23(5)18-29(30)37-33-35-20-27(34)32(38-33)36-28-10-6-7-11-31(28)43(40,41)22(3)4;1-19(2)40-28-17-24(22-12-14-23(15-13-22)37(6)7)21(5)16-27(28)35-31-33-18-25(32)30(36-31)34-26-10-8-9-11-29(26)41(38,39)20(3)4/h8-11,18-22,24-25H,12-17H2,1-7H3,(H2,35,36,37,38);6-7,10-11,18-22,24-25H,8-9,12-17H2,1-5H3,(H2,35,36,37,38);8-11,16-20,22-23H,12-15H2,1-7H3,(H2,33,34,35,36). The number of hydrogen-bond donors (Lipinski definition) is 6. The minimum atomic E-state index is -3.53. The molecule has 0 unspecified atom stereocenters. The van der Waals surface area contributed by atoms with Crippen LogP contribution in [0.5, 0.6) is 17.2 Å². The lowest BCUT2D eigenvalue weighted by Gasteiger charge is -2.35. The summed E-state index contributed by atoms with van der Waals surface area (Å²) in [6.45, 7) is 32.7. The molecule has 6 N–H and O–H groups in total. The number of aromatic nitrogens is 6. The van der Waals surface area contributed by atoms with Gasteiger partial charge in [-0.3, -0.25) is 0 Å². The van der Waals surface area contributed by atoms with E-state index in [-0.39, 0.29) is 48.1 Å². The third-order valence-corrected chi connectivity index (χ3v) is 31.9. The smallest absolute Gasteiger partial charge is 0.229 e. The minimum absolute atomic E-state index is 0.00946. The highest BCUT2D eigenvalue weighted by atomic mass is 35.5. The van der Waals surface area contributed by atoms with Crippen molar-refractivity contribution in [3.8, 4) is 17.2 Å². The van der Waals surface area contributed by atoms with Gasteiger partial charge < -0.3 is 65.5 Å². The quantitative estimate of drug-likeness (QED) is 0.0223. The summed E-state index contributed by atoms with van der Waals surface area (Å²) in [5, 5.41) is 18.4. The zero-order chi connectivity index (χ0) is 92.6. The zero-order valence-electron chi connectivity index (χ0n) is 77.7. The number of ether oxygens (including phenoxy) is 4. The number of aryl methyl sites for hydroxylation is 3. The summed E-state index contributed by atoms with van der Waals surface area (Å²) in [7, 11) is -2.32. The van der Waals surface area contributed by atoms with E-state index in [4.69, 9.17) is 53.8 Å². The summed E-state index contributed by atoms with van der Waals surface area (Å²) in [5.74, 6) is 5.58. The molecule has 0 atom stereocenters. The summed E-state index contributed by atoms with van der Waals surface area (Å²) in [6.07, 6.45) is 21.2. The van der Waals surface area contributed by atoms with Crippen LogP contribution in [0.2, 0.25) is 15.1 Å². The fraction of sp³-hybridized carbons (Fsp3) is 0.505. The lowest BCUT2D eigenvalue weighted by Crippen LogP contribution is -2.36. The molecule has 3 aromatic heterocycles. The van der Waals surface area contributed by atoms with Gasteiger partial charge >= 0.3 is 0 Å². The second-order valence-corrected chi connectivity index (χ2v) is 44.6. The van der Waals surface area contributed by atoms with Crippen LogP contribution < -0.4 is 46.1 Å². The number of halogens is 3. The summed E-state index contributed by atoms with van der Waals surface area (Å²) in [4.78, 5) is 35.1. The maximum Gasteiger partial charge on any atom is 0.229 e. The lowest BCUT2D eigenvalue weighted by molar-refractivity contribution is 0.119. The first-order valence-electron chi connectivity index (χ1n) is 45.0. The highest BCUT2D eigenvalue weighted by Crippen LogP contribution is 2.46. The highest BCUT2D eigenvalue weighted by Gasteiger charge is 2.34. The number of rotatable bonds is 33. The van der Waals surface area contributed by atoms with Gasteiger partial charge in [0.05, 0.1) is 108 Å². The van der Waals surface area contributed by atoms with Crippen molar-refractivity contribution in [2.45, 2.75) is 278 Å². The molecule has 13 rings (SSSR count). The van der Waals surface area contributed by atoms with E-state index < -0.39 is 45.3 Å². The second kappa shape index (κ2) is 45.0. The third-order valence-electron chi connectivity index (χ3n) is 24.4. The van der Waals surface area contributed by atoms with Crippen LogP contribution in [0.1, 0.15) is 224 Å². The molecule has 6 aromatic carbocycles. The molecule has 3 saturated carbocycles. The van der Waals surface area contributed by atoms with E-state index in [1.807, 2.05) is 41.5 Å². The van der Waals surface area contributed by atoms with E-state index in [1.165, 1.54) is 116 Å². The molecule has 4 heterocycles. The number of nitrogens with zero attached hydrogens (tertiary/aromatic N) is 9. The van der Waals surface area contributed by atoms with E-state index in [1.54, 1.807) is 121 Å². The van der Waals surface area contributed by atoms with Crippen LogP contribution in [0.4, 0.5) is 69.4 Å². The van der Waals surface area contributed by atoms with Crippen molar-refractivity contribution in [1.29, 1.82) is 0 Å². The van der Waals surface area contributed by atoms with Crippen molar-refractivity contribution in [3.05, 3.63) is 176 Å². The van der Waals surface area contributed by atoms with Crippen LogP contribution in [-0.4, -0.2) is 177 Å². The predicted molar refractivity (Wildman–Crippen MR) is 522 cm³/mol. The van der Waals surface area contributed by atoms with Crippen molar-refractivity contribution >= 4 is 134 Å². The zero-order valence-corrected chi connectivity index (χ0v) is 82.5. The average Bonchev–Trinajstić information content (AvgIpc) is 0.916. The Bertz CT molecular complexity index is 5600. The first kappa shape index (κ1) is 99.9. The topological polar surface area (TPSA) is 299 Å². The molecule has 4 aliphatic rings. The Labute approximate surface area is 775 Å². The van der Waals surface area contributed by atoms with Crippen LogP contribution >= 0.6 is 34.8 Å². The molecule has 4 fully saturated rings. The third kappa shape index (κ3) is 25.7. The maximum atomic E-state index is 13.0. The fourth-order valence-corrected chi connectivity index (χ4v) is 21.3. The van der Waals surface area contributed by atoms with Gasteiger partial charge in [0.2, 0.25) is 17.8 Å². The van der Waals surface area contributed by atoms with Crippen molar-refractivity contribution in [2.24, 2.45) is 0 Å². The van der Waals surface area contributed by atoms with Crippen LogP contribution in [0, 0.1) is 20.8 Å². The Morgan fingerprint density at radius 1 is 0.406 bits per heavy atom. The number of likely N-dealkylation sites (tertiary alicyclic amines) is 1. The summed E-state index contributed by atoms with van der Waals surface area (Å²) >= 11 is 19.4. The van der Waals surface area contributed by atoms with E-state index in [2.05, 4.69) is 155 Å². The van der Waals surface area contributed by atoms with Crippen molar-refractivity contribution < 1.29 is 44.2 Å². The molecule has 0 amide bonds. The number of para-hydroxylation sites is 3. The average molecular weight is 1870 g/mol. The molecule has 0 radical (unpaired) electrons. The Morgan fingerprint density at radius 2 is 0.703 bits per heavy atom. The number of benzene rings is 6. The van der Waals surface area contributed by atoms with Gasteiger partial charge in [0.15, 0.2) is 47.0 Å². The van der Waals surface area contributed by atoms with Crippen molar-refractivity contribution in [2.75, 3.05) is 86.4 Å². The van der Waals surface area contributed by atoms with Crippen LogP contribution in [0.15, 0.2) is 142 Å². The lowest BCUT2D eigenvalue weighted by atomic mass is 9.79. The van der Waals surface area contributed by atoms with Gasteiger partial charge in [0.25, 0.3) is 0 Å². The van der Waals surface area contributed by atoms with Gasteiger partial charge in [-0.2, -0.15) is 15.0 Å². The number of anilines is 12. The van der Waals surface area contributed by atoms with E-state index in [0.29, 0.717) is 82.2 Å². The normalized spacial score (nSPS) is 18.2. The Morgan fingerprint density at radius 3 is 0.992 bits per heavy atom. The van der Waals surface area contributed by atoms with Crippen LogP contribution in [0.25, 0.3) is 0 Å². The van der Waals surface area contributed by atoms with Gasteiger partial charge in [-0.25, -0.2) is 40.2 Å². The van der Waals surface area contributed by atoms with Gasteiger partial charge in [0, 0.05) is 31.8 Å². The fourth-order valence-electron chi connectivity index (χ4n) is 17.3. The van der Waals surface area contributed by atoms with Gasteiger partial charge in [-0.05, 0) is 352 Å². The minimum Gasteiger partial charge on any atom is -0.489 e. The van der Waals surface area contributed by atoms with E-state index >= 15 is 0 Å². The van der Waals surface area contributed by atoms with Crippen molar-refractivity contribution in [3.63, 3.8) is 0 Å². The van der Waals surface area contributed by atoms with Crippen LogP contribution in [0.3, 0.4) is 0 Å². The van der Waals surface area contributed by atoms with E-state index in [9.17, 15) is 25.3 Å². The number of hydrogen-bond acceptors (Lipinski definition) is 25. The molecule has 128 heavy (non-hydrogen) atoms. The van der Waals surface area contributed by atoms with Gasteiger partial charge in [-0.1, -0.05) is 71.2 Å². The van der Waals surface area contributed by atoms with Gasteiger partial charge in [-0.15, -0.1) is 0 Å². The van der Waals surface area contributed by atoms with Crippen molar-refractivity contribution in [1.82, 2.24) is 44.6 Å². The summed E-state index contributed by atoms with van der Waals surface area (Å²) in [5.41, 5.74) is 11.1. The molecule has 0 spiro atoms. The highest BCUT2D eigenvalue weighted by molar-refractivity contribution is 7.92. The van der Waals surface area contributed by atoms with E-state index in [0.717, 1.165) is 92.0 Å². The maximum absolute atomic E-state index is 13.0. The number of methoxy groups -OCH3 is 1. The molecule has 1 aliphatic heterocycles. The molecular formula is C97H132Cl3N15O10S3. The SMILES string of the molecule is COCCN(C)C1CCC(c2cc(OC(C)C)c(Nc3ncc(Cl)c(Nc4ccccc4S(=O)(=O)C(C)C)n3)cc2C)CC1.Cc1cc(Nc2ncc(Cl)c(Nc3ccccc3S(=O)(=O)C(C)C)n2)c(OC(C)C)cc1C1CCC(N(C)C)CC1.Cc1cc(Nc2ncc(Cl)c(Nc3ccccc3S(=O)(=O)C(C)C)n2)c(OC(C)C)cc1C1CCC(N2CCCC2)CC1. The molecule has 9 aromatic rings. The largest absolute Gasteiger partial charge is 0.489 e. The number of sulfone groups is 3. The summed E-state index contributed by atoms with van der Waals surface area (Å²) in [6, 6.07) is 35.1. The number of nitrogens with one attached hydrogen (secondary N) is 6. The molecular weight excluding hydrogens is 1740 g/mol. The number of likely N-dealkylation sites (N-methyl/N-ethyl adjacent to an activating group) is 1. The molecule has 0 bridgehead atoms. The van der Waals surface area contributed by atoms with Crippen LogP contribution in [-0.2, 0) is 34.2 Å². The predicted octanol–water partition coefficient (Wildman–Crippen LogP) is 23.0. The Kier molecular flexibility index (Phi) is 35.1. The molecule has 3 aliphatic carbocycles. The first-order valence-corrected chi connectivity index (χ1v) is 50.8.